The van der Waals surface area contributed by atoms with Gasteiger partial charge in [-0.15, -0.1) is 0 Å². The van der Waals surface area contributed by atoms with Crippen molar-refractivity contribution in [2.24, 2.45) is 0 Å². The summed E-state index contributed by atoms with van der Waals surface area (Å²) < 4.78 is 53.4. The molecule has 0 aliphatic heterocycles. The lowest BCUT2D eigenvalue weighted by Gasteiger charge is -2.08. The summed E-state index contributed by atoms with van der Waals surface area (Å²) in [7, 11) is 0. The molecule has 1 aromatic rings. The molecule has 0 aromatic heterocycles. The van der Waals surface area contributed by atoms with Crippen molar-refractivity contribution in [3.05, 3.63) is 35.1 Å². The van der Waals surface area contributed by atoms with E-state index in [2.05, 4.69) is 16.6 Å². The molecule has 0 radical (unpaired) electrons. The van der Waals surface area contributed by atoms with Crippen LogP contribution in [0.15, 0.2) is 18.2 Å². The minimum atomic E-state index is -4.39. The zero-order valence-electron chi connectivity index (χ0n) is 9.93. The number of alkyl halides is 3. The Morgan fingerprint density at radius 2 is 2.00 bits per heavy atom. The molecule has 0 unspecified atom stereocenters. The lowest BCUT2D eigenvalue weighted by atomic mass is 10.1. The third-order valence-corrected chi connectivity index (χ3v) is 2.03. The molecular formula is C13H12F4O2. The minimum absolute atomic E-state index is 0.0709. The van der Waals surface area contributed by atoms with Crippen molar-refractivity contribution in [3.63, 3.8) is 0 Å². The first kappa shape index (κ1) is 15.5. The highest BCUT2D eigenvalue weighted by atomic mass is 19.4. The zero-order valence-corrected chi connectivity index (χ0v) is 9.93. The van der Waals surface area contributed by atoms with Crippen LogP contribution in [-0.4, -0.2) is 24.5 Å². The van der Waals surface area contributed by atoms with Gasteiger partial charge in [-0.3, -0.25) is 0 Å². The number of halogens is 4. The second-order valence-electron chi connectivity index (χ2n) is 3.70. The van der Waals surface area contributed by atoms with E-state index in [1.165, 1.54) is 12.1 Å². The molecule has 1 rings (SSSR count). The van der Waals surface area contributed by atoms with Gasteiger partial charge in [-0.05, 0) is 17.7 Å². The van der Waals surface area contributed by atoms with E-state index in [9.17, 15) is 17.6 Å². The van der Waals surface area contributed by atoms with E-state index in [1.54, 1.807) is 0 Å². The Labute approximate surface area is 108 Å². The maximum absolute atomic E-state index is 13.3. The lowest BCUT2D eigenvalue weighted by molar-refractivity contribution is -0.176. The van der Waals surface area contributed by atoms with Gasteiger partial charge in [0.05, 0.1) is 18.8 Å². The van der Waals surface area contributed by atoms with E-state index in [1.807, 2.05) is 0 Å². The van der Waals surface area contributed by atoms with Crippen molar-refractivity contribution >= 4 is 0 Å². The summed E-state index contributed by atoms with van der Waals surface area (Å²) in [4.78, 5) is 0. The van der Waals surface area contributed by atoms with Gasteiger partial charge in [0.15, 0.2) is 0 Å². The molecule has 0 aliphatic rings. The van der Waals surface area contributed by atoms with Crippen LogP contribution in [0.1, 0.15) is 17.5 Å². The number of benzene rings is 1. The summed E-state index contributed by atoms with van der Waals surface area (Å²) in [5.41, 5.74) is 0.473. The fourth-order valence-electron chi connectivity index (χ4n) is 1.26. The number of aliphatic hydroxyl groups excluding tert-OH is 1. The molecule has 0 fully saturated rings. The Kier molecular flexibility index (Phi) is 5.80. The molecule has 0 spiro atoms. The van der Waals surface area contributed by atoms with Crippen LogP contribution >= 0.6 is 0 Å². The second kappa shape index (κ2) is 7.12. The van der Waals surface area contributed by atoms with Crippen molar-refractivity contribution in [2.75, 3.05) is 13.2 Å². The average molecular weight is 276 g/mol. The molecule has 1 aromatic carbocycles. The molecule has 0 bridgehead atoms. The normalized spacial score (nSPS) is 11.0. The van der Waals surface area contributed by atoms with Gasteiger partial charge in [0.25, 0.3) is 0 Å². The molecule has 0 saturated carbocycles. The van der Waals surface area contributed by atoms with Gasteiger partial charge in [0.2, 0.25) is 0 Å². The highest BCUT2D eigenvalue weighted by molar-refractivity contribution is 5.38. The van der Waals surface area contributed by atoms with Crippen molar-refractivity contribution in [3.8, 4) is 11.8 Å². The van der Waals surface area contributed by atoms with E-state index < -0.39 is 18.6 Å². The first-order valence-electron chi connectivity index (χ1n) is 5.45. The maximum atomic E-state index is 13.3. The topological polar surface area (TPSA) is 29.5 Å². The Morgan fingerprint density at radius 1 is 1.26 bits per heavy atom. The van der Waals surface area contributed by atoms with Crippen LogP contribution in [0.4, 0.5) is 17.6 Å². The van der Waals surface area contributed by atoms with Crippen LogP contribution in [-0.2, 0) is 11.3 Å². The first-order valence-corrected chi connectivity index (χ1v) is 5.45. The highest BCUT2D eigenvalue weighted by Crippen LogP contribution is 2.16. The zero-order chi connectivity index (χ0) is 14.3. The van der Waals surface area contributed by atoms with Crippen molar-refractivity contribution < 1.29 is 27.4 Å². The third kappa shape index (κ3) is 6.22. The van der Waals surface area contributed by atoms with Gasteiger partial charge >= 0.3 is 6.18 Å². The van der Waals surface area contributed by atoms with Crippen LogP contribution in [0, 0.1) is 17.7 Å². The fraction of sp³-hybridized carbons (Fsp3) is 0.385. The predicted octanol–water partition coefficient (Wildman–Crippen LogP) is 2.64. The van der Waals surface area contributed by atoms with E-state index in [0.29, 0.717) is 5.56 Å². The molecule has 0 aliphatic carbocycles. The Morgan fingerprint density at radius 3 is 2.63 bits per heavy atom. The lowest BCUT2D eigenvalue weighted by Crippen LogP contribution is -2.16. The molecule has 104 valence electrons. The number of hydrogen-bond acceptors (Lipinski definition) is 2. The highest BCUT2D eigenvalue weighted by Gasteiger charge is 2.27. The standard InChI is InChI=1S/C13H12F4O2/c14-12-5-4-10(8-19-9-13(15,16)17)7-11(12)3-1-2-6-18/h4-5,7,18H,2,6,8-9H2. The van der Waals surface area contributed by atoms with Gasteiger partial charge < -0.3 is 9.84 Å². The van der Waals surface area contributed by atoms with Crippen LogP contribution < -0.4 is 0 Å². The van der Waals surface area contributed by atoms with Gasteiger partial charge in [-0.2, -0.15) is 13.2 Å². The smallest absolute Gasteiger partial charge is 0.395 e. The summed E-state index contributed by atoms with van der Waals surface area (Å²) in [5, 5.41) is 8.54. The summed E-state index contributed by atoms with van der Waals surface area (Å²) in [5.74, 6) is 4.47. The molecule has 2 nitrogen and oxygen atoms in total. The number of rotatable bonds is 4. The number of ether oxygens (including phenoxy) is 1. The van der Waals surface area contributed by atoms with Crippen LogP contribution in [0.5, 0.6) is 0 Å². The predicted molar refractivity (Wildman–Crippen MR) is 60.7 cm³/mol. The first-order chi connectivity index (χ1) is 8.92. The van der Waals surface area contributed by atoms with Crippen LogP contribution in [0.3, 0.4) is 0 Å². The second-order valence-corrected chi connectivity index (χ2v) is 3.70. The van der Waals surface area contributed by atoms with E-state index in [0.717, 1.165) is 6.07 Å². The van der Waals surface area contributed by atoms with E-state index in [4.69, 9.17) is 5.11 Å². The average Bonchev–Trinajstić information content (AvgIpc) is 2.31. The molecule has 0 saturated heterocycles. The van der Waals surface area contributed by atoms with Gasteiger partial charge in [-0.25, -0.2) is 4.39 Å². The molecular weight excluding hydrogens is 264 g/mol. The number of hydrogen-bond donors (Lipinski definition) is 1. The van der Waals surface area contributed by atoms with E-state index in [-0.39, 0.29) is 25.2 Å². The SMILES string of the molecule is OCCC#Cc1cc(COCC(F)(F)F)ccc1F. The Balaban J connectivity index is 2.66. The monoisotopic (exact) mass is 276 g/mol. The molecule has 0 heterocycles. The summed E-state index contributed by atoms with van der Waals surface area (Å²) in [6, 6.07) is 3.79. The van der Waals surface area contributed by atoms with Crippen LogP contribution in [0.25, 0.3) is 0 Å². The molecule has 6 heteroatoms. The van der Waals surface area contributed by atoms with Gasteiger partial charge in [-0.1, -0.05) is 17.9 Å². The molecule has 0 atom stereocenters. The van der Waals surface area contributed by atoms with Crippen molar-refractivity contribution in [2.45, 2.75) is 19.2 Å². The van der Waals surface area contributed by atoms with Crippen molar-refractivity contribution in [1.29, 1.82) is 0 Å². The summed E-state index contributed by atoms with van der Waals surface area (Å²) in [6.07, 6.45) is -4.18. The molecule has 19 heavy (non-hydrogen) atoms. The number of aliphatic hydroxyl groups is 1. The fourth-order valence-corrected chi connectivity index (χ4v) is 1.26. The molecule has 1 N–H and O–H groups in total. The quantitative estimate of drug-likeness (QED) is 0.676. The van der Waals surface area contributed by atoms with Gasteiger partial charge in [0.1, 0.15) is 12.4 Å². The summed E-state index contributed by atoms with van der Waals surface area (Å²) >= 11 is 0. The maximum Gasteiger partial charge on any atom is 0.411 e. The molecule has 0 amide bonds. The minimum Gasteiger partial charge on any atom is -0.395 e. The van der Waals surface area contributed by atoms with E-state index >= 15 is 0 Å². The third-order valence-electron chi connectivity index (χ3n) is 2.03. The Bertz CT molecular complexity index is 472. The van der Waals surface area contributed by atoms with Gasteiger partial charge in [0, 0.05) is 6.42 Å². The van der Waals surface area contributed by atoms with Crippen LogP contribution in [0.2, 0.25) is 0 Å². The summed E-state index contributed by atoms with van der Waals surface area (Å²) in [6.45, 7) is -1.76. The largest absolute Gasteiger partial charge is 0.411 e. The Hall–Kier alpha value is -1.58. The van der Waals surface area contributed by atoms with Crippen molar-refractivity contribution in [1.82, 2.24) is 0 Å².